The van der Waals surface area contributed by atoms with E-state index in [-0.39, 0.29) is 0 Å². The van der Waals surface area contributed by atoms with Gasteiger partial charge in [0.1, 0.15) is 5.75 Å². The Morgan fingerprint density at radius 1 is 1.54 bits per heavy atom. The Labute approximate surface area is 78.4 Å². The number of aromatic nitrogens is 1. The molecule has 0 amide bonds. The van der Waals surface area contributed by atoms with E-state index in [2.05, 4.69) is 11.9 Å². The van der Waals surface area contributed by atoms with Gasteiger partial charge in [0, 0.05) is 0 Å². The molecule has 1 aromatic heterocycles. The number of ether oxygens (including phenoxy) is 1. The van der Waals surface area contributed by atoms with Crippen molar-refractivity contribution in [2.75, 3.05) is 6.61 Å². The molecule has 0 saturated heterocycles. The summed E-state index contributed by atoms with van der Waals surface area (Å²) in [4.78, 5) is 4.06. The highest BCUT2D eigenvalue weighted by Crippen LogP contribution is 2.13. The molecule has 0 radical (unpaired) electrons. The van der Waals surface area contributed by atoms with Crippen molar-refractivity contribution in [1.82, 2.24) is 4.98 Å². The SMILES string of the molecule is CCCOc1ccc(C(C)O)nc1. The van der Waals surface area contributed by atoms with Gasteiger partial charge in [-0.3, -0.25) is 4.98 Å². The Morgan fingerprint density at radius 2 is 2.31 bits per heavy atom. The van der Waals surface area contributed by atoms with Crippen molar-refractivity contribution >= 4 is 0 Å². The van der Waals surface area contributed by atoms with Crippen LogP contribution in [0.1, 0.15) is 32.1 Å². The molecule has 13 heavy (non-hydrogen) atoms. The second-order valence-corrected chi connectivity index (χ2v) is 2.94. The Morgan fingerprint density at radius 3 is 2.77 bits per heavy atom. The monoisotopic (exact) mass is 181 g/mol. The lowest BCUT2D eigenvalue weighted by Crippen LogP contribution is -1.98. The molecule has 0 aromatic carbocycles. The van der Waals surface area contributed by atoms with Crippen molar-refractivity contribution in [3.8, 4) is 5.75 Å². The number of pyridine rings is 1. The third-order valence-electron chi connectivity index (χ3n) is 1.66. The first-order valence-electron chi connectivity index (χ1n) is 4.51. The molecule has 0 aliphatic heterocycles. The van der Waals surface area contributed by atoms with E-state index >= 15 is 0 Å². The van der Waals surface area contributed by atoms with Crippen LogP contribution in [0.25, 0.3) is 0 Å². The van der Waals surface area contributed by atoms with Crippen LogP contribution < -0.4 is 4.74 Å². The second-order valence-electron chi connectivity index (χ2n) is 2.94. The van der Waals surface area contributed by atoms with Crippen molar-refractivity contribution in [1.29, 1.82) is 0 Å². The average Bonchev–Trinajstić information content (AvgIpc) is 2.15. The summed E-state index contributed by atoms with van der Waals surface area (Å²) in [5, 5.41) is 9.19. The van der Waals surface area contributed by atoms with Crippen LogP contribution in [0.2, 0.25) is 0 Å². The van der Waals surface area contributed by atoms with Crippen LogP contribution in [0.5, 0.6) is 5.75 Å². The predicted molar refractivity (Wildman–Crippen MR) is 50.7 cm³/mol. The molecule has 3 heteroatoms. The normalized spacial score (nSPS) is 12.5. The predicted octanol–water partition coefficient (Wildman–Crippen LogP) is 1.92. The topological polar surface area (TPSA) is 42.4 Å². The number of rotatable bonds is 4. The third-order valence-corrected chi connectivity index (χ3v) is 1.66. The zero-order valence-electron chi connectivity index (χ0n) is 8.03. The zero-order valence-corrected chi connectivity index (χ0v) is 8.03. The quantitative estimate of drug-likeness (QED) is 0.771. The second kappa shape index (κ2) is 4.82. The maximum Gasteiger partial charge on any atom is 0.137 e. The van der Waals surface area contributed by atoms with E-state index in [1.807, 2.05) is 6.07 Å². The molecule has 1 N–H and O–H groups in total. The third kappa shape index (κ3) is 3.03. The average molecular weight is 181 g/mol. The molecule has 72 valence electrons. The Hall–Kier alpha value is -1.09. The maximum atomic E-state index is 9.19. The number of hydrogen-bond donors (Lipinski definition) is 1. The van der Waals surface area contributed by atoms with Crippen LogP contribution in [-0.2, 0) is 0 Å². The van der Waals surface area contributed by atoms with E-state index in [9.17, 15) is 5.11 Å². The molecule has 1 atom stereocenters. The van der Waals surface area contributed by atoms with E-state index in [0.29, 0.717) is 12.3 Å². The van der Waals surface area contributed by atoms with Crippen molar-refractivity contribution in [3.05, 3.63) is 24.0 Å². The number of aliphatic hydroxyl groups excluding tert-OH is 1. The molecule has 1 heterocycles. The summed E-state index contributed by atoms with van der Waals surface area (Å²) in [5.74, 6) is 0.756. The van der Waals surface area contributed by atoms with Gasteiger partial charge in [-0.2, -0.15) is 0 Å². The number of hydrogen-bond acceptors (Lipinski definition) is 3. The van der Waals surface area contributed by atoms with Crippen molar-refractivity contribution in [3.63, 3.8) is 0 Å². The highest BCUT2D eigenvalue weighted by Gasteiger charge is 2.01. The van der Waals surface area contributed by atoms with Crippen LogP contribution in [0.4, 0.5) is 0 Å². The smallest absolute Gasteiger partial charge is 0.137 e. The molecule has 1 unspecified atom stereocenters. The van der Waals surface area contributed by atoms with Crippen LogP contribution in [0.15, 0.2) is 18.3 Å². The summed E-state index contributed by atoms with van der Waals surface area (Å²) in [5.41, 5.74) is 0.670. The number of aliphatic hydroxyl groups is 1. The van der Waals surface area contributed by atoms with Crippen LogP contribution >= 0.6 is 0 Å². The van der Waals surface area contributed by atoms with Gasteiger partial charge in [0.2, 0.25) is 0 Å². The minimum absolute atomic E-state index is 0.514. The van der Waals surface area contributed by atoms with E-state index < -0.39 is 6.10 Å². The maximum absolute atomic E-state index is 9.19. The molecule has 3 nitrogen and oxygen atoms in total. The summed E-state index contributed by atoms with van der Waals surface area (Å²) in [6.07, 6.45) is 2.11. The summed E-state index contributed by atoms with van der Waals surface area (Å²) in [6.45, 7) is 4.45. The minimum atomic E-state index is -0.514. The molecule has 0 aliphatic carbocycles. The summed E-state index contributed by atoms with van der Waals surface area (Å²) in [7, 11) is 0. The highest BCUT2D eigenvalue weighted by atomic mass is 16.5. The molecule has 1 aromatic rings. The fourth-order valence-electron chi connectivity index (χ4n) is 0.944. The summed E-state index contributed by atoms with van der Waals surface area (Å²) in [6, 6.07) is 3.60. The van der Waals surface area contributed by atoms with Crippen LogP contribution in [-0.4, -0.2) is 16.7 Å². The van der Waals surface area contributed by atoms with E-state index in [0.717, 1.165) is 12.2 Å². The van der Waals surface area contributed by atoms with Gasteiger partial charge in [-0.1, -0.05) is 6.92 Å². The first-order valence-corrected chi connectivity index (χ1v) is 4.51. The molecule has 0 aliphatic rings. The summed E-state index contributed by atoms with van der Waals surface area (Å²) < 4.78 is 5.35. The van der Waals surface area contributed by atoms with Crippen molar-refractivity contribution < 1.29 is 9.84 Å². The molecular weight excluding hydrogens is 166 g/mol. The van der Waals surface area contributed by atoms with Gasteiger partial charge < -0.3 is 9.84 Å². The molecule has 1 rings (SSSR count). The van der Waals surface area contributed by atoms with Gasteiger partial charge in [0.05, 0.1) is 24.6 Å². The van der Waals surface area contributed by atoms with Gasteiger partial charge in [0.15, 0.2) is 0 Å². The Kier molecular flexibility index (Phi) is 3.71. The lowest BCUT2D eigenvalue weighted by molar-refractivity contribution is 0.194. The molecule has 0 saturated carbocycles. The fourth-order valence-corrected chi connectivity index (χ4v) is 0.944. The Bertz CT molecular complexity index is 244. The van der Waals surface area contributed by atoms with Gasteiger partial charge in [-0.05, 0) is 25.5 Å². The zero-order chi connectivity index (χ0) is 9.68. The molecule has 0 bridgehead atoms. The van der Waals surface area contributed by atoms with Crippen molar-refractivity contribution in [2.45, 2.75) is 26.4 Å². The minimum Gasteiger partial charge on any atom is -0.492 e. The molecular formula is C10H15NO2. The number of nitrogens with zero attached hydrogens (tertiary/aromatic N) is 1. The first-order chi connectivity index (χ1) is 6.24. The summed E-state index contributed by atoms with van der Waals surface area (Å²) >= 11 is 0. The van der Waals surface area contributed by atoms with Crippen LogP contribution in [0, 0.1) is 0 Å². The Balaban J connectivity index is 2.59. The van der Waals surface area contributed by atoms with Gasteiger partial charge >= 0.3 is 0 Å². The van der Waals surface area contributed by atoms with Gasteiger partial charge in [-0.15, -0.1) is 0 Å². The lowest BCUT2D eigenvalue weighted by Gasteiger charge is -2.06. The molecule has 0 spiro atoms. The van der Waals surface area contributed by atoms with E-state index in [4.69, 9.17) is 4.74 Å². The fraction of sp³-hybridized carbons (Fsp3) is 0.500. The van der Waals surface area contributed by atoms with E-state index in [1.54, 1.807) is 19.2 Å². The standard InChI is InChI=1S/C10H15NO2/c1-3-6-13-9-4-5-10(8(2)12)11-7-9/h4-5,7-8,12H,3,6H2,1-2H3. The molecule has 0 fully saturated rings. The van der Waals surface area contributed by atoms with Crippen LogP contribution in [0.3, 0.4) is 0 Å². The van der Waals surface area contributed by atoms with Gasteiger partial charge in [0.25, 0.3) is 0 Å². The van der Waals surface area contributed by atoms with Gasteiger partial charge in [-0.25, -0.2) is 0 Å². The highest BCUT2D eigenvalue weighted by molar-refractivity contribution is 5.20. The lowest BCUT2D eigenvalue weighted by atomic mass is 10.2. The van der Waals surface area contributed by atoms with E-state index in [1.165, 1.54) is 0 Å². The largest absolute Gasteiger partial charge is 0.492 e. The first kappa shape index (κ1) is 9.99. The van der Waals surface area contributed by atoms with Crippen molar-refractivity contribution in [2.24, 2.45) is 0 Å².